The molecule has 0 N–H and O–H groups in total. The van der Waals surface area contributed by atoms with Gasteiger partial charge >= 0.3 is 0 Å². The monoisotopic (exact) mass is 406 g/mol. The van der Waals surface area contributed by atoms with Crippen molar-refractivity contribution in [1.29, 1.82) is 0 Å². The van der Waals surface area contributed by atoms with E-state index >= 15 is 0 Å². The molecule has 0 aromatic heterocycles. The fraction of sp³-hybridized carbons (Fsp3) is 0.357. The molecule has 0 aliphatic heterocycles. The molecular formula is C28H32F2. The van der Waals surface area contributed by atoms with Gasteiger partial charge in [0.25, 0.3) is 0 Å². The SMILES string of the molecule is CCCCCc1ccc(-c2ccc(-c3ccc(CCCC)c(C)c3F)cc2F)cc1. The first-order valence-corrected chi connectivity index (χ1v) is 11.2. The summed E-state index contributed by atoms with van der Waals surface area (Å²) < 4.78 is 29.9. The normalized spacial score (nSPS) is 11.1. The summed E-state index contributed by atoms with van der Waals surface area (Å²) in [6, 6.07) is 16.9. The molecule has 0 radical (unpaired) electrons. The van der Waals surface area contributed by atoms with Crippen LogP contribution in [0, 0.1) is 18.6 Å². The summed E-state index contributed by atoms with van der Waals surface area (Å²) >= 11 is 0. The van der Waals surface area contributed by atoms with Crippen LogP contribution in [-0.2, 0) is 12.8 Å². The summed E-state index contributed by atoms with van der Waals surface area (Å²) in [5.74, 6) is -0.564. The summed E-state index contributed by atoms with van der Waals surface area (Å²) in [7, 11) is 0. The second kappa shape index (κ2) is 10.5. The van der Waals surface area contributed by atoms with E-state index in [0.29, 0.717) is 22.3 Å². The standard InChI is InChI=1S/C28H32F2/c1-4-6-8-9-21-11-13-23(14-12-21)25-17-16-24(19-27(25)29)26-18-15-22(10-7-5-2)20(3)28(26)30/h11-19H,4-10H2,1-3H3. The Morgan fingerprint density at radius 3 is 2.00 bits per heavy atom. The summed E-state index contributed by atoms with van der Waals surface area (Å²) in [4.78, 5) is 0. The number of unbranched alkanes of at least 4 members (excludes halogenated alkanes) is 3. The Kier molecular flexibility index (Phi) is 7.79. The van der Waals surface area contributed by atoms with E-state index in [1.807, 2.05) is 31.2 Å². The molecule has 0 saturated heterocycles. The zero-order chi connectivity index (χ0) is 21.5. The molecule has 3 aromatic rings. The van der Waals surface area contributed by atoms with Crippen molar-refractivity contribution in [2.75, 3.05) is 0 Å². The third-order valence-electron chi connectivity index (χ3n) is 5.91. The minimum Gasteiger partial charge on any atom is -0.206 e. The van der Waals surface area contributed by atoms with E-state index in [9.17, 15) is 8.78 Å². The third kappa shape index (κ3) is 5.16. The van der Waals surface area contributed by atoms with Gasteiger partial charge in [-0.1, -0.05) is 81.6 Å². The van der Waals surface area contributed by atoms with Crippen LogP contribution < -0.4 is 0 Å². The van der Waals surface area contributed by atoms with E-state index in [0.717, 1.165) is 36.8 Å². The molecule has 0 nitrogen and oxygen atoms in total. The molecule has 0 fully saturated rings. The first-order valence-electron chi connectivity index (χ1n) is 11.2. The van der Waals surface area contributed by atoms with Gasteiger partial charge in [-0.25, -0.2) is 8.78 Å². The van der Waals surface area contributed by atoms with Crippen molar-refractivity contribution in [3.8, 4) is 22.3 Å². The van der Waals surface area contributed by atoms with Crippen molar-refractivity contribution in [3.63, 3.8) is 0 Å². The molecule has 158 valence electrons. The van der Waals surface area contributed by atoms with Crippen molar-refractivity contribution in [3.05, 3.63) is 82.9 Å². The van der Waals surface area contributed by atoms with Crippen LogP contribution in [0.15, 0.2) is 54.6 Å². The quantitative estimate of drug-likeness (QED) is 0.312. The van der Waals surface area contributed by atoms with Gasteiger partial charge in [-0.15, -0.1) is 0 Å². The molecule has 3 aromatic carbocycles. The highest BCUT2D eigenvalue weighted by atomic mass is 19.1. The van der Waals surface area contributed by atoms with E-state index < -0.39 is 0 Å². The first-order chi connectivity index (χ1) is 14.5. The number of aryl methyl sites for hydroxylation is 2. The van der Waals surface area contributed by atoms with Gasteiger partial charge in [0.05, 0.1) is 0 Å². The molecule has 0 unspecified atom stereocenters. The summed E-state index contributed by atoms with van der Waals surface area (Å²) in [5.41, 5.74) is 5.43. The van der Waals surface area contributed by atoms with Crippen LogP contribution in [0.3, 0.4) is 0 Å². The lowest BCUT2D eigenvalue weighted by molar-refractivity contribution is 0.616. The highest BCUT2D eigenvalue weighted by Crippen LogP contribution is 2.31. The maximum atomic E-state index is 15.0. The van der Waals surface area contributed by atoms with Crippen molar-refractivity contribution in [1.82, 2.24) is 0 Å². The van der Waals surface area contributed by atoms with Gasteiger partial charge in [0.15, 0.2) is 0 Å². The maximum absolute atomic E-state index is 15.0. The molecule has 30 heavy (non-hydrogen) atoms. The van der Waals surface area contributed by atoms with Crippen LogP contribution in [-0.4, -0.2) is 0 Å². The van der Waals surface area contributed by atoms with Gasteiger partial charge in [-0.05, 0) is 66.5 Å². The van der Waals surface area contributed by atoms with E-state index in [-0.39, 0.29) is 11.6 Å². The largest absolute Gasteiger partial charge is 0.206 e. The molecule has 0 amide bonds. The Balaban J connectivity index is 1.83. The Morgan fingerprint density at radius 2 is 1.33 bits per heavy atom. The smallest absolute Gasteiger partial charge is 0.134 e. The topological polar surface area (TPSA) is 0 Å². The fourth-order valence-corrected chi connectivity index (χ4v) is 3.93. The van der Waals surface area contributed by atoms with Gasteiger partial charge < -0.3 is 0 Å². The molecule has 0 spiro atoms. The molecule has 3 rings (SSSR count). The van der Waals surface area contributed by atoms with Crippen LogP contribution in [0.5, 0.6) is 0 Å². The number of rotatable bonds is 9. The Bertz CT molecular complexity index is 971. The minimum atomic E-state index is -0.321. The number of hydrogen-bond acceptors (Lipinski definition) is 0. The Morgan fingerprint density at radius 1 is 0.667 bits per heavy atom. The fourth-order valence-electron chi connectivity index (χ4n) is 3.93. The second-order valence-corrected chi connectivity index (χ2v) is 8.16. The molecular weight excluding hydrogens is 374 g/mol. The predicted molar refractivity (Wildman–Crippen MR) is 124 cm³/mol. The lowest BCUT2D eigenvalue weighted by Gasteiger charge is -2.12. The highest BCUT2D eigenvalue weighted by Gasteiger charge is 2.14. The molecule has 0 saturated carbocycles. The molecule has 0 aliphatic rings. The predicted octanol–water partition coefficient (Wildman–Crippen LogP) is 8.68. The van der Waals surface area contributed by atoms with E-state index in [2.05, 4.69) is 26.0 Å². The van der Waals surface area contributed by atoms with Crippen LogP contribution in [0.4, 0.5) is 8.78 Å². The zero-order valence-electron chi connectivity index (χ0n) is 18.4. The zero-order valence-corrected chi connectivity index (χ0v) is 18.4. The molecule has 0 heterocycles. The number of halogens is 2. The molecule has 0 bridgehead atoms. The van der Waals surface area contributed by atoms with Gasteiger partial charge in [-0.2, -0.15) is 0 Å². The molecule has 0 atom stereocenters. The lowest BCUT2D eigenvalue weighted by atomic mass is 9.94. The van der Waals surface area contributed by atoms with Gasteiger partial charge in [0.1, 0.15) is 11.6 Å². The van der Waals surface area contributed by atoms with Gasteiger partial charge in [0.2, 0.25) is 0 Å². The van der Waals surface area contributed by atoms with Gasteiger partial charge in [0, 0.05) is 11.1 Å². The molecule has 2 heteroatoms. The van der Waals surface area contributed by atoms with Crippen LogP contribution in [0.2, 0.25) is 0 Å². The second-order valence-electron chi connectivity index (χ2n) is 8.16. The summed E-state index contributed by atoms with van der Waals surface area (Å²) in [6.07, 6.45) is 7.67. The van der Waals surface area contributed by atoms with Crippen LogP contribution in [0.1, 0.15) is 62.6 Å². The van der Waals surface area contributed by atoms with E-state index in [1.165, 1.54) is 30.9 Å². The number of hydrogen-bond donors (Lipinski definition) is 0. The minimum absolute atomic E-state index is 0.243. The van der Waals surface area contributed by atoms with Crippen LogP contribution >= 0.6 is 0 Å². The van der Waals surface area contributed by atoms with E-state index in [1.54, 1.807) is 12.1 Å². The Labute approximate surface area is 180 Å². The van der Waals surface area contributed by atoms with Crippen molar-refractivity contribution >= 4 is 0 Å². The maximum Gasteiger partial charge on any atom is 0.134 e. The lowest BCUT2D eigenvalue weighted by Crippen LogP contribution is -1.97. The molecule has 0 aliphatic carbocycles. The number of benzene rings is 3. The highest BCUT2D eigenvalue weighted by molar-refractivity contribution is 5.72. The van der Waals surface area contributed by atoms with Gasteiger partial charge in [-0.3, -0.25) is 0 Å². The average Bonchev–Trinajstić information content (AvgIpc) is 2.75. The Hall–Kier alpha value is -2.48. The van der Waals surface area contributed by atoms with Crippen molar-refractivity contribution in [2.24, 2.45) is 0 Å². The van der Waals surface area contributed by atoms with Crippen molar-refractivity contribution < 1.29 is 8.78 Å². The van der Waals surface area contributed by atoms with Crippen molar-refractivity contribution in [2.45, 2.75) is 65.7 Å². The summed E-state index contributed by atoms with van der Waals surface area (Å²) in [5, 5.41) is 0. The average molecular weight is 407 g/mol. The van der Waals surface area contributed by atoms with E-state index in [4.69, 9.17) is 0 Å². The van der Waals surface area contributed by atoms with Crippen LogP contribution in [0.25, 0.3) is 22.3 Å². The summed E-state index contributed by atoms with van der Waals surface area (Å²) in [6.45, 7) is 6.14. The first kappa shape index (κ1) is 22.2. The third-order valence-corrected chi connectivity index (χ3v) is 5.91.